The summed E-state index contributed by atoms with van der Waals surface area (Å²) in [5, 5.41) is 4.41. The van der Waals surface area contributed by atoms with E-state index in [4.69, 9.17) is 4.74 Å². The molecule has 1 aromatic carbocycles. The Morgan fingerprint density at radius 2 is 1.82 bits per heavy atom. The van der Waals surface area contributed by atoms with E-state index in [1.165, 1.54) is 10.4 Å². The smallest absolute Gasteiger partial charge is 0.262 e. The molecule has 2 aromatic rings. The third-order valence-corrected chi connectivity index (χ3v) is 7.65. The van der Waals surface area contributed by atoms with Crippen LogP contribution in [0.4, 0.5) is 5.69 Å². The number of nitrogens with zero attached hydrogens (tertiary/aromatic N) is 2. The van der Waals surface area contributed by atoms with E-state index in [2.05, 4.69) is 10.2 Å². The molecule has 1 N–H and O–H groups in total. The Labute approximate surface area is 170 Å². The van der Waals surface area contributed by atoms with Crippen LogP contribution in [0.25, 0.3) is 0 Å². The van der Waals surface area contributed by atoms with Gasteiger partial charge in [-0.2, -0.15) is 4.31 Å². The van der Waals surface area contributed by atoms with Crippen molar-refractivity contribution in [3.8, 4) is 5.75 Å². The lowest BCUT2D eigenvalue weighted by molar-refractivity contribution is 0.0954. The van der Waals surface area contributed by atoms with Gasteiger partial charge in [0.15, 0.2) is 0 Å². The van der Waals surface area contributed by atoms with Crippen LogP contribution in [0.15, 0.2) is 40.6 Å². The summed E-state index contributed by atoms with van der Waals surface area (Å²) in [6.07, 6.45) is 0.798. The van der Waals surface area contributed by atoms with Crippen LogP contribution >= 0.6 is 11.3 Å². The number of sulfonamides is 1. The quantitative estimate of drug-likeness (QED) is 0.740. The van der Waals surface area contributed by atoms with Crippen LogP contribution in [0.1, 0.15) is 23.0 Å². The number of rotatable bonds is 7. The highest BCUT2D eigenvalue weighted by molar-refractivity contribution is 7.89. The molecule has 1 aliphatic heterocycles. The second-order valence-corrected chi connectivity index (χ2v) is 9.28. The zero-order valence-corrected chi connectivity index (χ0v) is 17.7. The molecule has 7 nitrogen and oxygen atoms in total. The molecule has 0 bridgehead atoms. The highest BCUT2D eigenvalue weighted by Crippen LogP contribution is 2.27. The Bertz CT molecular complexity index is 902. The number of thiophene rings is 1. The zero-order chi connectivity index (χ0) is 20.1. The Morgan fingerprint density at radius 3 is 2.43 bits per heavy atom. The first-order valence-corrected chi connectivity index (χ1v) is 11.5. The van der Waals surface area contributed by atoms with E-state index in [0.717, 1.165) is 29.2 Å². The molecule has 1 aromatic heterocycles. The minimum Gasteiger partial charge on any atom is -0.497 e. The zero-order valence-electron chi connectivity index (χ0n) is 16.1. The molecule has 28 heavy (non-hydrogen) atoms. The monoisotopic (exact) mass is 423 g/mol. The van der Waals surface area contributed by atoms with Crippen molar-refractivity contribution in [1.29, 1.82) is 0 Å². The van der Waals surface area contributed by atoms with Gasteiger partial charge in [0, 0.05) is 38.4 Å². The first kappa shape index (κ1) is 20.6. The predicted molar refractivity (Wildman–Crippen MR) is 111 cm³/mol. The van der Waals surface area contributed by atoms with Gasteiger partial charge in [0.05, 0.1) is 7.11 Å². The van der Waals surface area contributed by atoms with Crippen molar-refractivity contribution >= 4 is 33.0 Å². The molecule has 0 spiro atoms. The van der Waals surface area contributed by atoms with Crippen molar-refractivity contribution < 1.29 is 17.9 Å². The Morgan fingerprint density at radius 1 is 1.14 bits per heavy atom. The van der Waals surface area contributed by atoms with Gasteiger partial charge in [0.25, 0.3) is 5.91 Å². The fourth-order valence-corrected chi connectivity index (χ4v) is 5.84. The molecule has 1 amide bonds. The lowest BCUT2D eigenvalue weighted by atomic mass is 10.2. The molecule has 0 aliphatic carbocycles. The maximum Gasteiger partial charge on any atom is 0.262 e. The lowest BCUT2D eigenvalue weighted by Gasteiger charge is -2.35. The van der Waals surface area contributed by atoms with Crippen LogP contribution in [-0.4, -0.2) is 58.5 Å². The summed E-state index contributed by atoms with van der Waals surface area (Å²) in [6.45, 7) is 4.41. The molecule has 152 valence electrons. The molecule has 0 atom stereocenters. The molecule has 0 saturated carbocycles. The van der Waals surface area contributed by atoms with Gasteiger partial charge in [0.1, 0.15) is 15.5 Å². The van der Waals surface area contributed by atoms with E-state index in [1.807, 2.05) is 31.2 Å². The number of carbonyl (C=O) groups excluding carboxylic acids is 1. The normalized spacial score (nSPS) is 15.4. The van der Waals surface area contributed by atoms with Gasteiger partial charge in [0.2, 0.25) is 10.0 Å². The van der Waals surface area contributed by atoms with Crippen molar-refractivity contribution in [3.05, 3.63) is 40.6 Å². The largest absolute Gasteiger partial charge is 0.497 e. The van der Waals surface area contributed by atoms with Gasteiger partial charge in [-0.15, -0.1) is 11.3 Å². The summed E-state index contributed by atoms with van der Waals surface area (Å²) in [5.41, 5.74) is 1.04. The summed E-state index contributed by atoms with van der Waals surface area (Å²) >= 11 is 1.16. The number of nitrogens with one attached hydrogen (secondary N) is 1. The summed E-state index contributed by atoms with van der Waals surface area (Å²) in [7, 11) is -2.07. The highest BCUT2D eigenvalue weighted by Gasteiger charge is 2.32. The van der Waals surface area contributed by atoms with Crippen LogP contribution in [0.3, 0.4) is 0 Å². The summed E-state index contributed by atoms with van der Waals surface area (Å²) < 4.78 is 32.8. The lowest BCUT2D eigenvalue weighted by Crippen LogP contribution is -2.48. The number of carbonyl (C=O) groups is 1. The van der Waals surface area contributed by atoms with Crippen molar-refractivity contribution in [2.24, 2.45) is 0 Å². The first-order chi connectivity index (χ1) is 13.5. The summed E-state index contributed by atoms with van der Waals surface area (Å²) in [5.74, 6) is 0.462. The maximum absolute atomic E-state index is 13.1. The third-order valence-electron chi connectivity index (χ3n) is 4.66. The summed E-state index contributed by atoms with van der Waals surface area (Å²) in [6, 6.07) is 9.25. The molecular weight excluding hydrogens is 398 g/mol. The Hall–Kier alpha value is -2.10. The third kappa shape index (κ3) is 4.31. The number of methoxy groups -OCH3 is 1. The molecule has 9 heteroatoms. The van der Waals surface area contributed by atoms with Crippen molar-refractivity contribution in [1.82, 2.24) is 9.62 Å². The molecule has 0 radical (unpaired) electrons. The van der Waals surface area contributed by atoms with Gasteiger partial charge in [-0.1, -0.05) is 6.92 Å². The predicted octanol–water partition coefficient (Wildman–Crippen LogP) is 2.41. The van der Waals surface area contributed by atoms with E-state index < -0.39 is 10.0 Å². The molecule has 1 fully saturated rings. The average molecular weight is 424 g/mol. The Balaban J connectivity index is 1.69. The number of amides is 1. The number of hydrogen-bond acceptors (Lipinski definition) is 6. The van der Waals surface area contributed by atoms with E-state index in [0.29, 0.717) is 32.7 Å². The summed E-state index contributed by atoms with van der Waals surface area (Å²) in [4.78, 5) is 14.8. The maximum atomic E-state index is 13.1. The standard InChI is InChI=1S/C19H25N3O4S2/c1-3-9-20-19(23)18-17(8-14-27-18)28(24,25)22-12-10-21(11-13-22)15-4-6-16(26-2)7-5-15/h4-8,14H,3,9-13H2,1-2H3,(H,20,23). The van der Waals surface area contributed by atoms with Crippen LogP contribution in [0.2, 0.25) is 0 Å². The molecule has 1 aliphatic rings. The fraction of sp³-hybridized carbons (Fsp3) is 0.421. The number of benzene rings is 1. The van der Waals surface area contributed by atoms with E-state index in [-0.39, 0.29) is 15.7 Å². The molecule has 2 heterocycles. The Kier molecular flexibility index (Phi) is 6.58. The number of piperazine rings is 1. The van der Waals surface area contributed by atoms with Gasteiger partial charge >= 0.3 is 0 Å². The van der Waals surface area contributed by atoms with Crippen molar-refractivity contribution in [2.45, 2.75) is 18.2 Å². The number of anilines is 1. The van der Waals surface area contributed by atoms with Gasteiger partial charge in [-0.3, -0.25) is 4.79 Å². The second kappa shape index (κ2) is 8.93. The first-order valence-electron chi connectivity index (χ1n) is 9.22. The SMILES string of the molecule is CCCNC(=O)c1sccc1S(=O)(=O)N1CCN(c2ccc(OC)cc2)CC1. The molecular formula is C19H25N3O4S2. The van der Waals surface area contributed by atoms with Crippen molar-refractivity contribution in [3.63, 3.8) is 0 Å². The molecule has 1 saturated heterocycles. The fourth-order valence-electron chi connectivity index (χ4n) is 3.10. The van der Waals surface area contributed by atoms with Crippen LogP contribution in [-0.2, 0) is 10.0 Å². The van der Waals surface area contributed by atoms with Crippen LogP contribution < -0.4 is 15.0 Å². The topological polar surface area (TPSA) is 79.0 Å². The minimum absolute atomic E-state index is 0.101. The number of hydrogen-bond donors (Lipinski definition) is 1. The van der Waals surface area contributed by atoms with E-state index in [9.17, 15) is 13.2 Å². The average Bonchev–Trinajstić information content (AvgIpc) is 3.23. The van der Waals surface area contributed by atoms with Crippen LogP contribution in [0, 0.1) is 0 Å². The van der Waals surface area contributed by atoms with Gasteiger partial charge < -0.3 is 15.0 Å². The molecule has 3 rings (SSSR count). The minimum atomic E-state index is -3.70. The van der Waals surface area contributed by atoms with E-state index >= 15 is 0 Å². The molecule has 0 unspecified atom stereocenters. The van der Waals surface area contributed by atoms with Gasteiger partial charge in [-0.05, 0) is 42.1 Å². The highest BCUT2D eigenvalue weighted by atomic mass is 32.2. The van der Waals surface area contributed by atoms with Crippen molar-refractivity contribution in [2.75, 3.05) is 44.7 Å². The van der Waals surface area contributed by atoms with Crippen LogP contribution in [0.5, 0.6) is 5.75 Å². The number of ether oxygens (including phenoxy) is 1. The second-order valence-electron chi connectivity index (χ2n) is 6.46. The van der Waals surface area contributed by atoms with Gasteiger partial charge in [-0.25, -0.2) is 8.42 Å². The van der Waals surface area contributed by atoms with E-state index in [1.54, 1.807) is 12.5 Å².